The van der Waals surface area contributed by atoms with Crippen LogP contribution in [0, 0.1) is 11.3 Å². The van der Waals surface area contributed by atoms with Crippen LogP contribution in [0.5, 0.6) is 11.5 Å². The van der Waals surface area contributed by atoms with Crippen molar-refractivity contribution in [1.82, 2.24) is 4.90 Å². The summed E-state index contributed by atoms with van der Waals surface area (Å²) in [4.78, 5) is 13.0. The van der Waals surface area contributed by atoms with Gasteiger partial charge in [0.15, 0.2) is 17.6 Å². The standard InChI is InChI=1S/C18H21BrF2N2O4/c1-17(2,3)27-16(24)23-8-7-14(18(20,21)10-23)26-15-11(9-22)12(19)5-6-13(15)25-4/h5-6,14H,7-8,10H2,1-4H3. The van der Waals surface area contributed by atoms with E-state index in [4.69, 9.17) is 14.2 Å². The second-order valence-corrected chi connectivity index (χ2v) is 7.98. The molecule has 1 aromatic carbocycles. The summed E-state index contributed by atoms with van der Waals surface area (Å²) in [5.41, 5.74) is -0.704. The Morgan fingerprint density at radius 3 is 2.59 bits per heavy atom. The van der Waals surface area contributed by atoms with Crippen LogP contribution in [-0.4, -0.2) is 48.8 Å². The molecule has 1 unspecified atom stereocenters. The highest BCUT2D eigenvalue weighted by Gasteiger charge is 2.49. The van der Waals surface area contributed by atoms with Gasteiger partial charge in [-0.15, -0.1) is 0 Å². The number of hydrogen-bond donors (Lipinski definition) is 0. The summed E-state index contributed by atoms with van der Waals surface area (Å²) < 4.78 is 45.5. The molecule has 1 amide bonds. The number of rotatable bonds is 3. The number of nitrogens with zero attached hydrogens (tertiary/aromatic N) is 2. The molecule has 0 aromatic heterocycles. The molecule has 9 heteroatoms. The van der Waals surface area contributed by atoms with Crippen molar-refractivity contribution in [3.05, 3.63) is 22.2 Å². The molecule has 0 N–H and O–H groups in total. The third-order valence-electron chi connectivity index (χ3n) is 3.85. The van der Waals surface area contributed by atoms with Crippen LogP contribution in [0.25, 0.3) is 0 Å². The maximum Gasteiger partial charge on any atom is 0.410 e. The van der Waals surface area contributed by atoms with Gasteiger partial charge in [0.25, 0.3) is 0 Å². The lowest BCUT2D eigenvalue weighted by Gasteiger charge is -2.38. The van der Waals surface area contributed by atoms with Gasteiger partial charge in [-0.25, -0.2) is 13.6 Å². The molecule has 0 aliphatic carbocycles. The lowest BCUT2D eigenvalue weighted by Crippen LogP contribution is -2.56. The van der Waals surface area contributed by atoms with Crippen LogP contribution in [-0.2, 0) is 4.74 Å². The Morgan fingerprint density at radius 2 is 2.07 bits per heavy atom. The summed E-state index contributed by atoms with van der Waals surface area (Å²) in [5, 5.41) is 9.33. The molecule has 0 radical (unpaired) electrons. The molecule has 0 bridgehead atoms. The fourth-order valence-electron chi connectivity index (χ4n) is 2.61. The van der Waals surface area contributed by atoms with Crippen molar-refractivity contribution in [1.29, 1.82) is 5.26 Å². The van der Waals surface area contributed by atoms with E-state index in [0.29, 0.717) is 4.47 Å². The molecule has 148 valence electrons. The third kappa shape index (κ3) is 5.01. The molecule has 0 spiro atoms. The summed E-state index contributed by atoms with van der Waals surface area (Å²) in [6, 6.07) is 5.03. The lowest BCUT2D eigenvalue weighted by atomic mass is 10.0. The topological polar surface area (TPSA) is 71.8 Å². The molecule has 1 aromatic rings. The normalized spacial score (nSPS) is 19.2. The van der Waals surface area contributed by atoms with E-state index in [1.54, 1.807) is 26.8 Å². The molecule has 27 heavy (non-hydrogen) atoms. The van der Waals surface area contributed by atoms with Gasteiger partial charge >= 0.3 is 12.0 Å². The first-order chi connectivity index (χ1) is 12.5. The second kappa shape index (κ2) is 7.89. The Hall–Kier alpha value is -2.08. The molecule has 1 aliphatic rings. The maximum absolute atomic E-state index is 14.7. The van der Waals surface area contributed by atoms with Gasteiger partial charge < -0.3 is 19.1 Å². The zero-order valence-electron chi connectivity index (χ0n) is 15.5. The van der Waals surface area contributed by atoms with E-state index in [1.165, 1.54) is 13.2 Å². The van der Waals surface area contributed by atoms with Crippen LogP contribution < -0.4 is 9.47 Å². The number of carbonyl (C=O) groups is 1. The summed E-state index contributed by atoms with van der Waals surface area (Å²) in [6.45, 7) is 4.23. The van der Waals surface area contributed by atoms with Crippen molar-refractivity contribution >= 4 is 22.0 Å². The molecule has 1 heterocycles. The van der Waals surface area contributed by atoms with Crippen LogP contribution in [0.3, 0.4) is 0 Å². The van der Waals surface area contributed by atoms with Crippen molar-refractivity contribution in [3.8, 4) is 17.6 Å². The number of ether oxygens (including phenoxy) is 3. The first-order valence-corrected chi connectivity index (χ1v) is 9.07. The highest BCUT2D eigenvalue weighted by molar-refractivity contribution is 9.10. The molecule has 6 nitrogen and oxygen atoms in total. The minimum Gasteiger partial charge on any atom is -0.493 e. The smallest absolute Gasteiger partial charge is 0.410 e. The van der Waals surface area contributed by atoms with Crippen molar-refractivity contribution < 1.29 is 27.8 Å². The third-order valence-corrected chi connectivity index (χ3v) is 4.51. The van der Waals surface area contributed by atoms with E-state index in [1.807, 2.05) is 6.07 Å². The number of likely N-dealkylation sites (tertiary alicyclic amines) is 1. The van der Waals surface area contributed by atoms with Crippen molar-refractivity contribution in [2.75, 3.05) is 20.2 Å². The number of benzene rings is 1. The van der Waals surface area contributed by atoms with E-state index in [-0.39, 0.29) is 30.0 Å². The van der Waals surface area contributed by atoms with Gasteiger partial charge in [0.2, 0.25) is 0 Å². The summed E-state index contributed by atoms with van der Waals surface area (Å²) in [6.07, 6.45) is -2.42. The van der Waals surface area contributed by atoms with Crippen molar-refractivity contribution in [3.63, 3.8) is 0 Å². The monoisotopic (exact) mass is 446 g/mol. The number of amides is 1. The summed E-state index contributed by atoms with van der Waals surface area (Å²) in [7, 11) is 1.36. The van der Waals surface area contributed by atoms with Gasteiger partial charge in [0.1, 0.15) is 17.2 Å². The first-order valence-electron chi connectivity index (χ1n) is 8.27. The summed E-state index contributed by atoms with van der Waals surface area (Å²) >= 11 is 3.21. The number of carbonyl (C=O) groups excluding carboxylic acids is 1. The van der Waals surface area contributed by atoms with Gasteiger partial charge in [0.05, 0.1) is 13.7 Å². The average Bonchev–Trinajstić information content (AvgIpc) is 2.55. The largest absolute Gasteiger partial charge is 0.493 e. The average molecular weight is 447 g/mol. The maximum atomic E-state index is 14.7. The number of piperidine rings is 1. The molecular weight excluding hydrogens is 426 g/mol. The molecule has 2 rings (SSSR count). The summed E-state index contributed by atoms with van der Waals surface area (Å²) in [5.74, 6) is -3.19. The predicted octanol–water partition coefficient (Wildman–Crippen LogP) is 4.35. The Bertz CT molecular complexity index is 759. The minimum atomic E-state index is -3.32. The zero-order valence-corrected chi connectivity index (χ0v) is 17.1. The predicted molar refractivity (Wildman–Crippen MR) is 97.2 cm³/mol. The van der Waals surface area contributed by atoms with Crippen LogP contribution in [0.4, 0.5) is 13.6 Å². The fraction of sp³-hybridized carbons (Fsp3) is 0.556. The zero-order chi connectivity index (χ0) is 20.4. The molecule has 0 saturated carbocycles. The first kappa shape index (κ1) is 21.2. The SMILES string of the molecule is COc1ccc(Br)c(C#N)c1OC1CCN(C(=O)OC(C)(C)C)CC1(F)F. The Labute approximate surface area is 165 Å². The van der Waals surface area contributed by atoms with Crippen LogP contribution in [0.2, 0.25) is 0 Å². The Balaban J connectivity index is 2.20. The van der Waals surface area contributed by atoms with Gasteiger partial charge in [-0.05, 0) is 48.8 Å². The Morgan fingerprint density at radius 1 is 1.41 bits per heavy atom. The molecule has 1 aliphatic heterocycles. The highest BCUT2D eigenvalue weighted by atomic mass is 79.9. The van der Waals surface area contributed by atoms with Gasteiger partial charge in [-0.3, -0.25) is 0 Å². The minimum absolute atomic E-state index is 0.0490. The fourth-order valence-corrected chi connectivity index (χ4v) is 3.01. The van der Waals surface area contributed by atoms with Crippen LogP contribution in [0.1, 0.15) is 32.8 Å². The van der Waals surface area contributed by atoms with Crippen molar-refractivity contribution in [2.24, 2.45) is 0 Å². The van der Waals surface area contributed by atoms with Gasteiger partial charge in [-0.2, -0.15) is 5.26 Å². The van der Waals surface area contributed by atoms with Gasteiger partial charge in [0, 0.05) is 17.4 Å². The number of alkyl halides is 2. The molecule has 1 saturated heterocycles. The van der Waals surface area contributed by atoms with Crippen LogP contribution >= 0.6 is 15.9 Å². The quantitative estimate of drug-likeness (QED) is 0.689. The number of methoxy groups -OCH3 is 1. The van der Waals surface area contributed by atoms with Crippen molar-refractivity contribution in [2.45, 2.75) is 44.8 Å². The molecular formula is C18H21BrF2N2O4. The number of halogens is 3. The van der Waals surface area contributed by atoms with E-state index in [2.05, 4.69) is 15.9 Å². The van der Waals surface area contributed by atoms with E-state index < -0.39 is 30.3 Å². The number of hydrogen-bond acceptors (Lipinski definition) is 5. The van der Waals surface area contributed by atoms with Gasteiger partial charge in [-0.1, -0.05) is 0 Å². The molecule has 1 atom stereocenters. The highest BCUT2D eigenvalue weighted by Crippen LogP contribution is 2.40. The second-order valence-electron chi connectivity index (χ2n) is 7.12. The van der Waals surface area contributed by atoms with E-state index in [9.17, 15) is 18.8 Å². The Kier molecular flexibility index (Phi) is 6.20. The van der Waals surface area contributed by atoms with E-state index >= 15 is 0 Å². The molecule has 1 fully saturated rings. The lowest BCUT2D eigenvalue weighted by molar-refractivity contribution is -0.137. The number of nitriles is 1. The van der Waals surface area contributed by atoms with E-state index in [0.717, 1.165) is 4.90 Å². The van der Waals surface area contributed by atoms with Crippen LogP contribution in [0.15, 0.2) is 16.6 Å².